The van der Waals surface area contributed by atoms with E-state index in [4.69, 9.17) is 20.8 Å². The van der Waals surface area contributed by atoms with Crippen LogP contribution in [0.15, 0.2) is 88.3 Å². The first kappa shape index (κ1) is 27.6. The summed E-state index contributed by atoms with van der Waals surface area (Å²) in [6.07, 6.45) is 3.01. The van der Waals surface area contributed by atoms with Crippen molar-refractivity contribution in [1.29, 1.82) is 0 Å². The first-order valence-corrected chi connectivity index (χ1v) is 13.7. The molecule has 1 unspecified atom stereocenters. The van der Waals surface area contributed by atoms with E-state index in [0.29, 0.717) is 33.7 Å². The summed E-state index contributed by atoms with van der Waals surface area (Å²) in [6.45, 7) is 2.97. The predicted octanol–water partition coefficient (Wildman–Crippen LogP) is 5.61. The number of hydrogen-bond donors (Lipinski definition) is 0. The van der Waals surface area contributed by atoms with E-state index in [1.54, 1.807) is 41.3 Å². The number of halogens is 1. The van der Waals surface area contributed by atoms with Gasteiger partial charge in [-0.05, 0) is 55.7 Å². The number of amides is 2. The van der Waals surface area contributed by atoms with E-state index in [1.165, 1.54) is 11.2 Å². The van der Waals surface area contributed by atoms with Crippen LogP contribution >= 0.6 is 11.6 Å². The van der Waals surface area contributed by atoms with Crippen LogP contribution in [0.3, 0.4) is 0 Å². The molecule has 206 valence electrons. The number of nitrogens with zero attached hydrogens (tertiary/aromatic N) is 2. The second-order valence-electron chi connectivity index (χ2n) is 10.2. The average molecular weight is 559 g/mol. The van der Waals surface area contributed by atoms with Gasteiger partial charge in [0, 0.05) is 30.3 Å². The molecule has 0 spiro atoms. The third kappa shape index (κ3) is 6.61. The fourth-order valence-electron chi connectivity index (χ4n) is 4.96. The molecule has 5 rings (SSSR count). The van der Waals surface area contributed by atoms with Crippen molar-refractivity contribution in [1.82, 2.24) is 9.80 Å². The molecule has 1 aromatic heterocycles. The van der Waals surface area contributed by atoms with Crippen LogP contribution in [-0.2, 0) is 22.6 Å². The lowest BCUT2D eigenvalue weighted by Crippen LogP contribution is -2.45. The van der Waals surface area contributed by atoms with Crippen LogP contribution in [-0.4, -0.2) is 47.4 Å². The summed E-state index contributed by atoms with van der Waals surface area (Å²) in [5.41, 5.74) is 2.94. The molecule has 40 heavy (non-hydrogen) atoms. The van der Waals surface area contributed by atoms with Crippen molar-refractivity contribution in [2.24, 2.45) is 0 Å². The van der Waals surface area contributed by atoms with Crippen LogP contribution in [0.1, 0.15) is 39.9 Å². The number of hydrogen-bond acceptors (Lipinski definition) is 5. The molecular weight excluding hydrogens is 528 g/mol. The summed E-state index contributed by atoms with van der Waals surface area (Å²) in [6, 6.07) is 21.7. The van der Waals surface area contributed by atoms with E-state index in [2.05, 4.69) is 0 Å². The number of aryl methyl sites for hydroxylation is 1. The highest BCUT2D eigenvalue weighted by Gasteiger charge is 2.28. The monoisotopic (exact) mass is 558 g/mol. The molecule has 8 heteroatoms. The van der Waals surface area contributed by atoms with Crippen LogP contribution in [0, 0.1) is 6.92 Å². The van der Waals surface area contributed by atoms with Gasteiger partial charge in [0.15, 0.2) is 5.43 Å². The Morgan fingerprint density at radius 1 is 0.975 bits per heavy atom. The van der Waals surface area contributed by atoms with Crippen LogP contribution in [0.4, 0.5) is 0 Å². The van der Waals surface area contributed by atoms with Gasteiger partial charge >= 0.3 is 0 Å². The molecule has 2 heterocycles. The van der Waals surface area contributed by atoms with Crippen molar-refractivity contribution >= 4 is 34.4 Å². The van der Waals surface area contributed by atoms with Crippen LogP contribution in [0.2, 0.25) is 5.02 Å². The smallest absolute Gasteiger partial charge is 0.254 e. The van der Waals surface area contributed by atoms with E-state index < -0.39 is 0 Å². The summed E-state index contributed by atoms with van der Waals surface area (Å²) in [5, 5.41) is 0.916. The molecule has 1 aliphatic heterocycles. The zero-order chi connectivity index (χ0) is 28.1. The van der Waals surface area contributed by atoms with Crippen LogP contribution in [0.5, 0.6) is 0 Å². The molecule has 1 atom stereocenters. The number of fused-ring (bicyclic) bond motifs is 1. The molecular formula is C32H31ClN2O5. The summed E-state index contributed by atoms with van der Waals surface area (Å²) in [7, 11) is 0. The Balaban J connectivity index is 1.44. The second kappa shape index (κ2) is 12.5. The maximum absolute atomic E-state index is 13.9. The quantitative estimate of drug-likeness (QED) is 0.267. The molecule has 0 aliphatic carbocycles. The maximum Gasteiger partial charge on any atom is 0.254 e. The van der Waals surface area contributed by atoms with Gasteiger partial charge in [-0.25, -0.2) is 0 Å². The molecule has 1 aliphatic rings. The molecule has 1 saturated heterocycles. The highest BCUT2D eigenvalue weighted by atomic mass is 35.5. The molecule has 0 bridgehead atoms. The number of benzene rings is 3. The van der Waals surface area contributed by atoms with Crippen molar-refractivity contribution < 1.29 is 18.7 Å². The molecule has 7 nitrogen and oxygen atoms in total. The standard InChI is InChI=1S/C32H31ClN2O5/c1-22-12-13-29-28(15-22)31(37)25(21-40-29)18-34(17-23-7-3-2-4-8-23)30(36)20-35(19-27-11-6-14-39-27)32(38)24-9-5-10-26(33)16-24/h2-5,7-10,12-13,15-16,21,27H,6,11,14,17-20H2,1H3. The van der Waals surface area contributed by atoms with Crippen LogP contribution < -0.4 is 5.43 Å². The van der Waals surface area contributed by atoms with E-state index >= 15 is 0 Å². The maximum atomic E-state index is 13.9. The fraction of sp³-hybridized carbons (Fsp3) is 0.281. The minimum Gasteiger partial charge on any atom is -0.464 e. The molecule has 4 aromatic rings. The van der Waals surface area contributed by atoms with E-state index in [1.807, 2.05) is 43.3 Å². The molecule has 3 aromatic carbocycles. The van der Waals surface area contributed by atoms with Gasteiger partial charge in [0.2, 0.25) is 5.91 Å². The summed E-state index contributed by atoms with van der Waals surface area (Å²) < 4.78 is 11.5. The van der Waals surface area contributed by atoms with E-state index in [9.17, 15) is 14.4 Å². The molecule has 1 fully saturated rings. The zero-order valence-corrected chi connectivity index (χ0v) is 23.1. The van der Waals surface area contributed by atoms with Gasteiger partial charge in [0.05, 0.1) is 29.9 Å². The minimum atomic E-state index is -0.299. The third-order valence-electron chi connectivity index (χ3n) is 7.06. The highest BCUT2D eigenvalue weighted by Crippen LogP contribution is 2.19. The van der Waals surface area contributed by atoms with Crippen molar-refractivity contribution in [3.63, 3.8) is 0 Å². The SMILES string of the molecule is Cc1ccc2occ(CN(Cc3ccccc3)C(=O)CN(CC3CCCO3)C(=O)c3cccc(Cl)c3)c(=O)c2c1. The normalized spacial score (nSPS) is 14.8. The van der Waals surface area contributed by atoms with E-state index in [-0.39, 0.29) is 49.5 Å². The van der Waals surface area contributed by atoms with Gasteiger partial charge < -0.3 is 19.0 Å². The van der Waals surface area contributed by atoms with E-state index in [0.717, 1.165) is 24.0 Å². The van der Waals surface area contributed by atoms with Gasteiger partial charge in [0.25, 0.3) is 5.91 Å². The fourth-order valence-corrected chi connectivity index (χ4v) is 5.15. The second-order valence-corrected chi connectivity index (χ2v) is 10.6. The highest BCUT2D eigenvalue weighted by molar-refractivity contribution is 6.31. The summed E-state index contributed by atoms with van der Waals surface area (Å²) >= 11 is 6.16. The zero-order valence-electron chi connectivity index (χ0n) is 22.3. The molecule has 2 amide bonds. The Labute approximate surface area is 237 Å². The van der Waals surface area contributed by atoms with Crippen molar-refractivity contribution in [3.8, 4) is 0 Å². The topological polar surface area (TPSA) is 80.1 Å². The molecule has 0 N–H and O–H groups in total. The van der Waals surface area contributed by atoms with Crippen LogP contribution in [0.25, 0.3) is 11.0 Å². The lowest BCUT2D eigenvalue weighted by molar-refractivity contribution is -0.133. The Morgan fingerprint density at radius 3 is 2.55 bits per heavy atom. The third-order valence-corrected chi connectivity index (χ3v) is 7.30. The minimum absolute atomic E-state index is 0.0407. The number of carbonyl (C=O) groups is 2. The largest absolute Gasteiger partial charge is 0.464 e. The van der Waals surface area contributed by atoms with Crippen molar-refractivity contribution in [2.45, 2.75) is 39.0 Å². The van der Waals surface area contributed by atoms with Crippen molar-refractivity contribution in [3.05, 3.63) is 117 Å². The lowest BCUT2D eigenvalue weighted by atomic mass is 10.1. The summed E-state index contributed by atoms with van der Waals surface area (Å²) in [4.78, 5) is 44.0. The average Bonchev–Trinajstić information content (AvgIpc) is 3.47. The summed E-state index contributed by atoms with van der Waals surface area (Å²) in [5.74, 6) is -0.590. The van der Waals surface area contributed by atoms with Gasteiger partial charge in [-0.3, -0.25) is 14.4 Å². The molecule has 0 radical (unpaired) electrons. The Kier molecular flexibility index (Phi) is 8.63. The van der Waals surface area contributed by atoms with Gasteiger partial charge in [-0.1, -0.05) is 59.6 Å². The predicted molar refractivity (Wildman–Crippen MR) is 154 cm³/mol. The molecule has 0 saturated carbocycles. The lowest BCUT2D eigenvalue weighted by Gasteiger charge is -2.29. The Hall–Kier alpha value is -3.94. The first-order valence-electron chi connectivity index (χ1n) is 13.4. The first-order chi connectivity index (χ1) is 19.4. The number of carbonyl (C=O) groups excluding carboxylic acids is 2. The van der Waals surface area contributed by atoms with Gasteiger partial charge in [0.1, 0.15) is 12.1 Å². The van der Waals surface area contributed by atoms with Gasteiger partial charge in [-0.15, -0.1) is 0 Å². The number of rotatable bonds is 9. The Morgan fingerprint density at radius 2 is 1.80 bits per heavy atom. The van der Waals surface area contributed by atoms with Gasteiger partial charge in [-0.2, -0.15) is 0 Å². The number of ether oxygens (including phenoxy) is 1. The van der Waals surface area contributed by atoms with Crippen molar-refractivity contribution in [2.75, 3.05) is 19.7 Å². The Bertz CT molecular complexity index is 1560.